The average Bonchev–Trinajstić information content (AvgIpc) is 2.57. The lowest BCUT2D eigenvalue weighted by atomic mass is 10.0. The molecule has 0 aromatic heterocycles. The lowest BCUT2D eigenvalue weighted by molar-refractivity contribution is -0.121. The van der Waals surface area contributed by atoms with Crippen molar-refractivity contribution in [2.75, 3.05) is 12.3 Å². The molecule has 6 heteroatoms. The Morgan fingerprint density at radius 2 is 1.12 bits per heavy atom. The maximum Gasteiger partial charge on any atom is 0.220 e. The normalized spacial score (nSPS) is 11.6. The zero-order valence-corrected chi connectivity index (χ0v) is 17.6. The van der Waals surface area contributed by atoms with Gasteiger partial charge in [-0.15, -0.1) is 0 Å². The van der Waals surface area contributed by atoms with E-state index in [0.717, 1.165) is 19.3 Å². The fourth-order valence-corrected chi connectivity index (χ4v) is 3.41. The number of carbonyl (C=O) groups excluding carboxylic acids is 1. The lowest BCUT2D eigenvalue weighted by Gasteiger charge is -2.08. The van der Waals surface area contributed by atoms with Gasteiger partial charge in [0.1, 0.15) is 0 Å². The second-order valence-corrected chi connectivity index (χ2v) is 8.84. The Kier molecular flexibility index (Phi) is 17.4. The minimum absolute atomic E-state index is 0.0800. The molecule has 0 aliphatic carbocycles. The van der Waals surface area contributed by atoms with Crippen LogP contribution in [0.5, 0.6) is 0 Å². The van der Waals surface area contributed by atoms with E-state index in [-0.39, 0.29) is 12.5 Å². The Bertz CT molecular complexity index is 424. The fourth-order valence-electron chi connectivity index (χ4n) is 3.06. The van der Waals surface area contributed by atoms with Gasteiger partial charge in [0.2, 0.25) is 5.91 Å². The molecule has 0 atom stereocenters. The van der Waals surface area contributed by atoms with Gasteiger partial charge in [-0.25, -0.2) is 8.42 Å². The third kappa shape index (κ3) is 21.4. The van der Waals surface area contributed by atoms with E-state index in [0.29, 0.717) is 6.42 Å². The molecule has 1 N–H and O–H groups in total. The molecule has 0 fully saturated rings. The van der Waals surface area contributed by atoms with E-state index in [9.17, 15) is 17.8 Å². The highest BCUT2D eigenvalue weighted by molar-refractivity contribution is 7.85. The molecule has 0 rings (SSSR count). The smallest absolute Gasteiger partial charge is 0.220 e. The summed E-state index contributed by atoms with van der Waals surface area (Å²) in [5.41, 5.74) is 0. The average molecular weight is 391 g/mol. The monoisotopic (exact) mass is 390 g/mol. The molecule has 26 heavy (non-hydrogen) atoms. The van der Waals surface area contributed by atoms with Crippen LogP contribution in [0, 0.1) is 0 Å². The van der Waals surface area contributed by atoms with Crippen molar-refractivity contribution in [1.82, 2.24) is 5.32 Å². The summed E-state index contributed by atoms with van der Waals surface area (Å²) in [6.07, 6.45) is 19.7. The van der Waals surface area contributed by atoms with Gasteiger partial charge in [0, 0.05) is 13.0 Å². The van der Waals surface area contributed by atoms with Crippen molar-refractivity contribution in [1.29, 1.82) is 0 Å². The summed E-state index contributed by atoms with van der Waals surface area (Å²) in [4.78, 5) is 11.5. The molecule has 0 spiro atoms. The molecule has 1 amide bonds. The first-order chi connectivity index (χ1) is 12.5. The van der Waals surface area contributed by atoms with Crippen LogP contribution in [0.1, 0.15) is 110 Å². The summed E-state index contributed by atoms with van der Waals surface area (Å²) in [7, 11) is -4.24. The van der Waals surface area contributed by atoms with Crippen molar-refractivity contribution in [3.8, 4) is 0 Å². The maximum absolute atomic E-state index is 11.5. The third-order valence-corrected chi connectivity index (χ3v) is 5.39. The molecule has 0 bridgehead atoms. The molecule has 0 aromatic carbocycles. The summed E-state index contributed by atoms with van der Waals surface area (Å²) >= 11 is 0. The van der Waals surface area contributed by atoms with E-state index in [2.05, 4.69) is 12.2 Å². The molecule has 0 saturated carbocycles. The Hall–Kier alpha value is -0.620. The van der Waals surface area contributed by atoms with E-state index in [1.165, 1.54) is 77.0 Å². The third-order valence-electron chi connectivity index (χ3n) is 4.68. The summed E-state index contributed by atoms with van der Waals surface area (Å²) < 4.78 is 31.2. The highest BCUT2D eigenvalue weighted by Gasteiger charge is 2.02. The second kappa shape index (κ2) is 17.8. The summed E-state index contributed by atoms with van der Waals surface area (Å²) in [6.45, 7) is 2.18. The molecule has 5 nitrogen and oxygen atoms in total. The SMILES string of the molecule is CCCCCCCCCCCCCCCCCC(=O)NCCS(=O)(=O)[O-]. The van der Waals surface area contributed by atoms with Crippen molar-refractivity contribution in [2.24, 2.45) is 0 Å². The first-order valence-electron chi connectivity index (χ1n) is 10.7. The highest BCUT2D eigenvalue weighted by Crippen LogP contribution is 2.13. The first-order valence-corrected chi connectivity index (χ1v) is 12.2. The minimum atomic E-state index is -4.24. The maximum atomic E-state index is 11.5. The van der Waals surface area contributed by atoms with Crippen LogP contribution in [0.4, 0.5) is 0 Å². The number of rotatable bonds is 19. The van der Waals surface area contributed by atoms with Crippen LogP contribution in [0.3, 0.4) is 0 Å². The Balaban J connectivity index is 3.18. The van der Waals surface area contributed by atoms with Crippen LogP contribution in [0.15, 0.2) is 0 Å². The largest absolute Gasteiger partial charge is 0.748 e. The fraction of sp³-hybridized carbons (Fsp3) is 0.950. The summed E-state index contributed by atoms with van der Waals surface area (Å²) in [6, 6.07) is 0. The minimum Gasteiger partial charge on any atom is -0.748 e. The van der Waals surface area contributed by atoms with Crippen LogP contribution in [0.2, 0.25) is 0 Å². The predicted molar refractivity (Wildman–Crippen MR) is 107 cm³/mol. The van der Waals surface area contributed by atoms with Crippen molar-refractivity contribution in [3.63, 3.8) is 0 Å². The molecule has 0 aliphatic heterocycles. The standard InChI is InChI=1S/C20H41NO4S/c1-2-3-4-5-6-7-8-9-10-11-12-13-14-15-16-17-20(22)21-18-19-26(23,24)25/h2-19H2,1H3,(H,21,22)(H,23,24,25)/p-1. The van der Waals surface area contributed by atoms with Gasteiger partial charge < -0.3 is 9.87 Å². The molecule has 0 unspecified atom stereocenters. The van der Waals surface area contributed by atoms with Crippen molar-refractivity contribution in [2.45, 2.75) is 110 Å². The zero-order chi connectivity index (χ0) is 19.5. The Morgan fingerprint density at radius 3 is 1.50 bits per heavy atom. The summed E-state index contributed by atoms with van der Waals surface area (Å²) in [5.74, 6) is -0.694. The van der Waals surface area contributed by atoms with E-state index in [4.69, 9.17) is 0 Å². The van der Waals surface area contributed by atoms with Gasteiger partial charge in [-0.1, -0.05) is 96.8 Å². The number of nitrogens with one attached hydrogen (secondary N) is 1. The van der Waals surface area contributed by atoms with E-state index in [1.807, 2.05) is 0 Å². The lowest BCUT2D eigenvalue weighted by Crippen LogP contribution is -2.28. The Labute approximate surface area is 161 Å². The molecule has 0 aliphatic rings. The van der Waals surface area contributed by atoms with Gasteiger partial charge in [0.15, 0.2) is 0 Å². The zero-order valence-electron chi connectivity index (χ0n) is 16.8. The quantitative estimate of drug-likeness (QED) is 0.251. The van der Waals surface area contributed by atoms with Gasteiger partial charge in [0.25, 0.3) is 0 Å². The van der Waals surface area contributed by atoms with Crippen LogP contribution < -0.4 is 5.32 Å². The molecule has 156 valence electrons. The van der Waals surface area contributed by atoms with Crippen molar-refractivity contribution in [3.05, 3.63) is 0 Å². The molecular weight excluding hydrogens is 350 g/mol. The molecule has 0 saturated heterocycles. The van der Waals surface area contributed by atoms with Crippen LogP contribution in [-0.2, 0) is 14.9 Å². The second-order valence-electron chi connectivity index (χ2n) is 7.31. The number of hydrogen-bond acceptors (Lipinski definition) is 4. The van der Waals surface area contributed by atoms with E-state index >= 15 is 0 Å². The first kappa shape index (κ1) is 25.4. The molecular formula is C20H40NO4S-. The number of hydrogen-bond donors (Lipinski definition) is 1. The topological polar surface area (TPSA) is 86.3 Å². The number of unbranched alkanes of at least 4 members (excludes halogenated alkanes) is 14. The number of amides is 1. The summed E-state index contributed by atoms with van der Waals surface area (Å²) in [5, 5.41) is 2.47. The van der Waals surface area contributed by atoms with E-state index in [1.54, 1.807) is 0 Å². The Morgan fingerprint density at radius 1 is 0.731 bits per heavy atom. The van der Waals surface area contributed by atoms with Crippen molar-refractivity contribution >= 4 is 16.0 Å². The van der Waals surface area contributed by atoms with Gasteiger partial charge in [-0.05, 0) is 6.42 Å². The molecule has 0 radical (unpaired) electrons. The van der Waals surface area contributed by atoms with Gasteiger partial charge in [0.05, 0.1) is 15.9 Å². The van der Waals surface area contributed by atoms with Crippen LogP contribution in [0.25, 0.3) is 0 Å². The number of carbonyl (C=O) groups is 1. The van der Waals surface area contributed by atoms with Crippen LogP contribution in [-0.4, -0.2) is 31.2 Å². The predicted octanol–water partition coefficient (Wildman–Crippen LogP) is 4.91. The highest BCUT2D eigenvalue weighted by atomic mass is 32.2. The molecule has 0 heterocycles. The van der Waals surface area contributed by atoms with Crippen molar-refractivity contribution < 1.29 is 17.8 Å². The molecule has 0 aromatic rings. The van der Waals surface area contributed by atoms with Gasteiger partial charge in [-0.3, -0.25) is 4.79 Å². The van der Waals surface area contributed by atoms with Gasteiger partial charge in [-0.2, -0.15) is 0 Å². The van der Waals surface area contributed by atoms with Crippen LogP contribution >= 0.6 is 0 Å². The van der Waals surface area contributed by atoms with E-state index < -0.39 is 15.9 Å². The van der Waals surface area contributed by atoms with Gasteiger partial charge >= 0.3 is 0 Å².